The van der Waals surface area contributed by atoms with Crippen LogP contribution in [0.4, 0.5) is 10.5 Å². The van der Waals surface area contributed by atoms with Gasteiger partial charge in [-0.15, -0.1) is 0 Å². The number of nitro groups is 1. The lowest BCUT2D eigenvalue weighted by Crippen LogP contribution is -2.39. The number of nitro benzene ring substituents is 1. The normalized spacial score (nSPS) is 13.0. The average molecular weight is 446 g/mol. The molecule has 0 aliphatic heterocycles. The van der Waals surface area contributed by atoms with Crippen molar-refractivity contribution in [2.75, 3.05) is 6.61 Å². The van der Waals surface area contributed by atoms with Crippen molar-refractivity contribution >= 4 is 17.7 Å². The topological polar surface area (TPSA) is 119 Å². The summed E-state index contributed by atoms with van der Waals surface area (Å²) in [4.78, 5) is 34.1. The van der Waals surface area contributed by atoms with E-state index in [1.54, 1.807) is 12.1 Å². The van der Waals surface area contributed by atoms with Gasteiger partial charge in [0.25, 0.3) is 5.69 Å². The van der Waals surface area contributed by atoms with Gasteiger partial charge >= 0.3 is 12.1 Å². The summed E-state index contributed by atoms with van der Waals surface area (Å²) in [6.45, 7) is 0.122. The number of amides is 1. The van der Waals surface area contributed by atoms with Crippen LogP contribution in [0.15, 0.2) is 72.8 Å². The van der Waals surface area contributed by atoms with Gasteiger partial charge in [0.1, 0.15) is 6.61 Å². The quantitative estimate of drug-likeness (QED) is 0.388. The second-order valence-electron chi connectivity index (χ2n) is 7.89. The van der Waals surface area contributed by atoms with Crippen LogP contribution in [-0.2, 0) is 16.0 Å². The van der Waals surface area contributed by atoms with E-state index in [4.69, 9.17) is 4.74 Å². The van der Waals surface area contributed by atoms with Crippen LogP contribution < -0.4 is 5.32 Å². The van der Waals surface area contributed by atoms with Crippen molar-refractivity contribution in [2.45, 2.75) is 24.8 Å². The lowest BCUT2D eigenvalue weighted by Gasteiger charge is -2.19. The van der Waals surface area contributed by atoms with Crippen LogP contribution in [0.5, 0.6) is 0 Å². The molecule has 0 spiro atoms. The number of nitrogens with zero attached hydrogens (tertiary/aromatic N) is 1. The third kappa shape index (κ3) is 5.01. The monoisotopic (exact) mass is 446 g/mol. The summed E-state index contributed by atoms with van der Waals surface area (Å²) in [5.41, 5.74) is 5.01. The molecule has 3 aromatic carbocycles. The van der Waals surface area contributed by atoms with Gasteiger partial charge in [-0.1, -0.05) is 60.7 Å². The highest BCUT2D eigenvalue weighted by atomic mass is 16.6. The Kier molecular flexibility index (Phi) is 6.35. The summed E-state index contributed by atoms with van der Waals surface area (Å²) in [5.74, 6) is -1.17. The summed E-state index contributed by atoms with van der Waals surface area (Å²) in [5, 5.41) is 22.7. The lowest BCUT2D eigenvalue weighted by atomic mass is 9.98. The number of benzene rings is 3. The highest BCUT2D eigenvalue weighted by molar-refractivity contribution is 5.79. The molecule has 1 aliphatic rings. The number of nitrogens with one attached hydrogen (secondary N) is 1. The Bertz CT molecular complexity index is 1150. The van der Waals surface area contributed by atoms with Gasteiger partial charge in [-0.05, 0) is 34.2 Å². The molecule has 0 saturated heterocycles. The highest BCUT2D eigenvalue weighted by Crippen LogP contribution is 2.44. The summed E-state index contributed by atoms with van der Waals surface area (Å²) in [6.07, 6.45) is -0.805. The van der Waals surface area contributed by atoms with Crippen LogP contribution in [0.3, 0.4) is 0 Å². The van der Waals surface area contributed by atoms with E-state index >= 15 is 0 Å². The molecule has 8 nitrogen and oxygen atoms in total. The van der Waals surface area contributed by atoms with Gasteiger partial charge in [0.2, 0.25) is 0 Å². The van der Waals surface area contributed by atoms with Crippen molar-refractivity contribution in [3.63, 3.8) is 0 Å². The molecule has 0 saturated carbocycles. The van der Waals surface area contributed by atoms with Crippen LogP contribution >= 0.6 is 0 Å². The van der Waals surface area contributed by atoms with Gasteiger partial charge in [0.15, 0.2) is 0 Å². The number of carboxylic acid groups (broad SMARTS) is 1. The molecule has 1 unspecified atom stereocenters. The molecule has 0 bridgehead atoms. The smallest absolute Gasteiger partial charge is 0.407 e. The number of fused-ring (bicyclic) bond motifs is 3. The Morgan fingerprint density at radius 2 is 1.55 bits per heavy atom. The molecule has 4 rings (SSSR count). The number of alkyl carbamates (subject to hydrolysis) is 1. The summed E-state index contributed by atoms with van der Waals surface area (Å²) >= 11 is 0. The van der Waals surface area contributed by atoms with Crippen molar-refractivity contribution in [3.8, 4) is 11.1 Å². The highest BCUT2D eigenvalue weighted by Gasteiger charge is 2.29. The maximum atomic E-state index is 12.5. The first-order valence-corrected chi connectivity index (χ1v) is 10.5. The minimum absolute atomic E-state index is 0.0574. The number of aliphatic carboxylic acids is 1. The van der Waals surface area contributed by atoms with E-state index in [9.17, 15) is 24.8 Å². The zero-order valence-electron chi connectivity index (χ0n) is 17.6. The van der Waals surface area contributed by atoms with Crippen LogP contribution in [0.25, 0.3) is 11.1 Å². The lowest BCUT2D eigenvalue weighted by molar-refractivity contribution is -0.384. The fourth-order valence-corrected chi connectivity index (χ4v) is 4.23. The molecule has 168 valence electrons. The van der Waals surface area contributed by atoms with Crippen molar-refractivity contribution in [1.29, 1.82) is 0 Å². The number of carbonyl (C=O) groups excluding carboxylic acids is 1. The van der Waals surface area contributed by atoms with Gasteiger partial charge in [-0.25, -0.2) is 4.79 Å². The summed E-state index contributed by atoms with van der Waals surface area (Å²) in [6, 6.07) is 21.0. The SMILES string of the molecule is O=C(O)CC(Cc1ccc([N+](=O)[O-])cc1)NC(=O)OCC1c2ccccc2-c2ccccc21. The number of ether oxygens (including phenoxy) is 1. The number of carbonyl (C=O) groups is 2. The third-order valence-corrected chi connectivity index (χ3v) is 5.72. The molecule has 8 heteroatoms. The molecule has 0 fully saturated rings. The minimum atomic E-state index is -1.07. The molecule has 0 radical (unpaired) electrons. The molecule has 1 amide bonds. The second kappa shape index (κ2) is 9.52. The third-order valence-electron chi connectivity index (χ3n) is 5.72. The van der Waals surface area contributed by atoms with Gasteiger partial charge in [-0.3, -0.25) is 14.9 Å². The van der Waals surface area contributed by atoms with Gasteiger partial charge in [0, 0.05) is 24.1 Å². The largest absolute Gasteiger partial charge is 0.481 e. The molecule has 33 heavy (non-hydrogen) atoms. The molecule has 0 aromatic heterocycles. The van der Waals surface area contributed by atoms with E-state index < -0.39 is 23.0 Å². The molecule has 3 aromatic rings. The Morgan fingerprint density at radius 1 is 0.970 bits per heavy atom. The number of hydrogen-bond donors (Lipinski definition) is 2. The number of rotatable bonds is 8. The van der Waals surface area contributed by atoms with E-state index in [2.05, 4.69) is 5.32 Å². The Morgan fingerprint density at radius 3 is 2.09 bits per heavy atom. The van der Waals surface area contributed by atoms with Crippen molar-refractivity contribution in [2.24, 2.45) is 0 Å². The van der Waals surface area contributed by atoms with Crippen molar-refractivity contribution in [1.82, 2.24) is 5.32 Å². The zero-order chi connectivity index (χ0) is 23.4. The van der Waals surface area contributed by atoms with Crippen LogP contribution in [0.1, 0.15) is 29.0 Å². The zero-order valence-corrected chi connectivity index (χ0v) is 17.6. The van der Waals surface area contributed by atoms with Crippen molar-refractivity contribution in [3.05, 3.63) is 99.6 Å². The number of non-ortho nitro benzene ring substituents is 1. The maximum absolute atomic E-state index is 12.5. The van der Waals surface area contributed by atoms with E-state index in [0.717, 1.165) is 22.3 Å². The van der Waals surface area contributed by atoms with E-state index in [1.165, 1.54) is 12.1 Å². The molecule has 1 aliphatic carbocycles. The molecule has 2 N–H and O–H groups in total. The molecular weight excluding hydrogens is 424 g/mol. The molecule has 1 atom stereocenters. The predicted molar refractivity (Wildman–Crippen MR) is 121 cm³/mol. The van der Waals surface area contributed by atoms with Gasteiger partial charge < -0.3 is 15.2 Å². The average Bonchev–Trinajstić information content (AvgIpc) is 3.11. The Labute approximate surface area is 190 Å². The van der Waals surface area contributed by atoms with E-state index in [1.807, 2.05) is 48.5 Å². The molecule has 0 heterocycles. The fourth-order valence-electron chi connectivity index (χ4n) is 4.23. The number of hydrogen-bond acceptors (Lipinski definition) is 5. The Balaban J connectivity index is 1.42. The standard InChI is InChI=1S/C25H22N2O6/c28-24(29)14-17(13-16-9-11-18(12-10-16)27(31)32)26-25(30)33-15-23-21-7-3-1-5-19(21)20-6-2-4-8-22(20)23/h1-12,17,23H,13-15H2,(H,26,30)(H,28,29). The van der Waals surface area contributed by atoms with Crippen LogP contribution in [0, 0.1) is 10.1 Å². The van der Waals surface area contributed by atoms with E-state index in [-0.39, 0.29) is 31.1 Å². The second-order valence-corrected chi connectivity index (χ2v) is 7.89. The maximum Gasteiger partial charge on any atom is 0.407 e. The minimum Gasteiger partial charge on any atom is -0.481 e. The van der Waals surface area contributed by atoms with Crippen LogP contribution in [-0.4, -0.2) is 34.7 Å². The fraction of sp³-hybridized carbons (Fsp3) is 0.200. The van der Waals surface area contributed by atoms with Crippen LogP contribution in [0.2, 0.25) is 0 Å². The first-order valence-electron chi connectivity index (χ1n) is 10.5. The summed E-state index contributed by atoms with van der Waals surface area (Å²) in [7, 11) is 0. The summed E-state index contributed by atoms with van der Waals surface area (Å²) < 4.78 is 5.51. The van der Waals surface area contributed by atoms with Gasteiger partial charge in [-0.2, -0.15) is 0 Å². The molecular formula is C25H22N2O6. The predicted octanol–water partition coefficient (Wildman–Crippen LogP) is 4.52. The first-order chi connectivity index (χ1) is 15.9. The van der Waals surface area contributed by atoms with Gasteiger partial charge in [0.05, 0.1) is 11.3 Å². The Hall–Kier alpha value is -4.20. The van der Waals surface area contributed by atoms with Crippen molar-refractivity contribution < 1.29 is 24.4 Å². The first kappa shape index (κ1) is 22.0. The van der Waals surface area contributed by atoms with E-state index in [0.29, 0.717) is 5.56 Å². The number of carboxylic acids is 1.